The first-order valence-electron chi connectivity index (χ1n) is 8.35. The Hall–Kier alpha value is -0.380. The molecule has 4 fully saturated rings. The molecule has 0 radical (unpaired) electrons. The van der Waals surface area contributed by atoms with Gasteiger partial charge in [0.15, 0.2) is 0 Å². The Morgan fingerprint density at radius 1 is 1.15 bits per heavy atom. The average Bonchev–Trinajstić information content (AvgIpc) is 2.99. The lowest BCUT2D eigenvalue weighted by Gasteiger charge is -2.57. The van der Waals surface area contributed by atoms with Gasteiger partial charge in [-0.2, -0.15) is 0 Å². The lowest BCUT2D eigenvalue weighted by Crippen LogP contribution is -2.61. The number of piperidine rings is 3. The van der Waals surface area contributed by atoms with Crippen LogP contribution < -0.4 is 0 Å². The van der Waals surface area contributed by atoms with E-state index in [2.05, 4.69) is 16.3 Å². The van der Waals surface area contributed by atoms with Gasteiger partial charge < -0.3 is 9.64 Å². The van der Waals surface area contributed by atoms with Crippen molar-refractivity contribution >= 4 is 11.3 Å². The van der Waals surface area contributed by atoms with E-state index in [0.717, 1.165) is 12.5 Å². The molecule has 0 N–H and O–H groups in total. The Morgan fingerprint density at radius 3 is 2.80 bits per heavy atom. The molecule has 1 aromatic heterocycles. The van der Waals surface area contributed by atoms with Crippen LogP contribution in [0.4, 0.5) is 0 Å². The van der Waals surface area contributed by atoms with Crippen LogP contribution in [-0.4, -0.2) is 30.6 Å². The minimum Gasteiger partial charge on any atom is -0.365 e. The normalized spacial score (nSPS) is 46.2. The minimum absolute atomic E-state index is 0.0599. The third-order valence-corrected chi connectivity index (χ3v) is 7.31. The first-order chi connectivity index (χ1) is 9.87. The number of fused-ring (bicyclic) bond motifs is 5. The zero-order valence-corrected chi connectivity index (χ0v) is 12.8. The summed E-state index contributed by atoms with van der Waals surface area (Å²) >= 11 is 2.01. The molecule has 4 aliphatic heterocycles. The van der Waals surface area contributed by atoms with Gasteiger partial charge in [0, 0.05) is 17.3 Å². The molecular formula is C17H23NOS. The molecule has 3 atom stereocenters. The van der Waals surface area contributed by atoms with Gasteiger partial charge in [-0.1, -0.05) is 12.8 Å². The summed E-state index contributed by atoms with van der Waals surface area (Å²) in [6.07, 6.45) is 8.59. The molecular weight excluding hydrogens is 266 g/mol. The fourth-order valence-corrected chi connectivity index (χ4v) is 6.45. The number of hydrogen-bond donors (Lipinski definition) is 0. The number of thiophene rings is 1. The first kappa shape index (κ1) is 12.2. The zero-order chi connectivity index (χ0) is 13.2. The van der Waals surface area contributed by atoms with Gasteiger partial charge in [-0.15, -0.1) is 11.3 Å². The molecule has 1 aromatic rings. The predicted octanol–water partition coefficient (Wildman–Crippen LogP) is 3.73. The molecule has 3 heteroatoms. The van der Waals surface area contributed by atoms with E-state index in [-0.39, 0.29) is 5.60 Å². The number of hydrogen-bond acceptors (Lipinski definition) is 3. The highest BCUT2D eigenvalue weighted by atomic mass is 32.1. The topological polar surface area (TPSA) is 12.5 Å². The van der Waals surface area contributed by atoms with Gasteiger partial charge in [0.05, 0.1) is 6.10 Å². The number of ether oxygens (including phenoxy) is 1. The summed E-state index contributed by atoms with van der Waals surface area (Å²) in [5, 5.41) is 2.32. The van der Waals surface area contributed by atoms with E-state index in [1.165, 1.54) is 51.6 Å². The fraction of sp³-hybridized carbons (Fsp3) is 0.765. The summed E-state index contributed by atoms with van der Waals surface area (Å²) in [5.74, 6) is 1.48. The van der Waals surface area contributed by atoms with Crippen molar-refractivity contribution in [1.29, 1.82) is 0 Å². The van der Waals surface area contributed by atoms with E-state index >= 15 is 0 Å². The standard InChI is InChI=1S/C17H23NOS/c1-2-4-15-13(3-1)16-14(7-10-20-16)17(19-15)11-18-8-5-12(17)6-9-18/h7,10,12-13,15H,1-6,8-9,11H2/t13-,15-,17+/m1/s1. The lowest BCUT2D eigenvalue weighted by atomic mass is 9.67. The monoisotopic (exact) mass is 289 g/mol. The van der Waals surface area contributed by atoms with Crippen molar-refractivity contribution < 1.29 is 4.74 Å². The lowest BCUT2D eigenvalue weighted by molar-refractivity contribution is -0.206. The maximum atomic E-state index is 6.90. The summed E-state index contributed by atoms with van der Waals surface area (Å²) in [5.41, 5.74) is 1.64. The zero-order valence-electron chi connectivity index (χ0n) is 12.0. The average molecular weight is 289 g/mol. The maximum Gasteiger partial charge on any atom is 0.110 e. The van der Waals surface area contributed by atoms with Crippen molar-refractivity contribution in [1.82, 2.24) is 4.90 Å². The highest BCUT2D eigenvalue weighted by molar-refractivity contribution is 7.10. The molecule has 0 aromatic carbocycles. The van der Waals surface area contributed by atoms with Crippen molar-refractivity contribution in [2.75, 3.05) is 19.6 Å². The molecule has 6 rings (SSSR count). The smallest absolute Gasteiger partial charge is 0.110 e. The van der Waals surface area contributed by atoms with Crippen LogP contribution in [0.3, 0.4) is 0 Å². The van der Waals surface area contributed by atoms with Crippen molar-refractivity contribution in [3.63, 3.8) is 0 Å². The molecule has 0 amide bonds. The van der Waals surface area contributed by atoms with Crippen LogP contribution in [0.5, 0.6) is 0 Å². The van der Waals surface area contributed by atoms with Crippen LogP contribution >= 0.6 is 11.3 Å². The van der Waals surface area contributed by atoms with Crippen LogP contribution in [-0.2, 0) is 10.3 Å². The highest BCUT2D eigenvalue weighted by Gasteiger charge is 2.55. The Kier molecular flexibility index (Phi) is 2.63. The van der Waals surface area contributed by atoms with Gasteiger partial charge in [-0.25, -0.2) is 0 Å². The van der Waals surface area contributed by atoms with Gasteiger partial charge in [-0.05, 0) is 61.7 Å². The van der Waals surface area contributed by atoms with E-state index < -0.39 is 0 Å². The summed E-state index contributed by atoms with van der Waals surface area (Å²) in [4.78, 5) is 4.33. The van der Waals surface area contributed by atoms with Crippen molar-refractivity contribution in [3.8, 4) is 0 Å². The second-order valence-corrected chi connectivity index (χ2v) is 8.13. The highest BCUT2D eigenvalue weighted by Crippen LogP contribution is 2.55. The largest absolute Gasteiger partial charge is 0.365 e. The molecule has 2 nitrogen and oxygen atoms in total. The van der Waals surface area contributed by atoms with Crippen LogP contribution in [0.2, 0.25) is 0 Å². The van der Waals surface area contributed by atoms with Crippen molar-refractivity contribution in [3.05, 3.63) is 21.9 Å². The van der Waals surface area contributed by atoms with Gasteiger partial charge in [0.25, 0.3) is 0 Å². The molecule has 3 saturated heterocycles. The quantitative estimate of drug-likeness (QED) is 0.721. The summed E-state index contributed by atoms with van der Waals surface area (Å²) in [6.45, 7) is 3.75. The molecule has 0 unspecified atom stereocenters. The van der Waals surface area contributed by atoms with E-state index in [1.807, 2.05) is 11.3 Å². The van der Waals surface area contributed by atoms with Crippen LogP contribution in [0.25, 0.3) is 0 Å². The van der Waals surface area contributed by atoms with Crippen LogP contribution in [0.1, 0.15) is 54.9 Å². The SMILES string of the molecule is c1cc2c(s1)[C@@H]1CCCC[C@H]1O[C@]21CN2CCC1CC2. The Bertz CT molecular complexity index is 519. The first-order valence-corrected chi connectivity index (χ1v) is 9.23. The molecule has 2 bridgehead atoms. The molecule has 20 heavy (non-hydrogen) atoms. The van der Waals surface area contributed by atoms with Gasteiger partial charge in [0.1, 0.15) is 5.60 Å². The summed E-state index contributed by atoms with van der Waals surface area (Å²) in [6, 6.07) is 2.40. The third kappa shape index (κ3) is 1.52. The fourth-order valence-electron chi connectivity index (χ4n) is 5.29. The van der Waals surface area contributed by atoms with Crippen molar-refractivity contribution in [2.45, 2.75) is 56.1 Å². The molecule has 108 valence electrons. The van der Waals surface area contributed by atoms with E-state index in [1.54, 1.807) is 10.4 Å². The molecule has 1 spiro atoms. The van der Waals surface area contributed by atoms with Gasteiger partial charge in [-0.3, -0.25) is 0 Å². The molecule has 1 saturated carbocycles. The second kappa shape index (κ2) is 4.31. The van der Waals surface area contributed by atoms with Crippen molar-refractivity contribution in [2.24, 2.45) is 5.92 Å². The van der Waals surface area contributed by atoms with E-state index in [0.29, 0.717) is 12.0 Å². The second-order valence-electron chi connectivity index (χ2n) is 7.19. The third-order valence-electron chi connectivity index (χ3n) is 6.26. The van der Waals surface area contributed by atoms with Crippen LogP contribution in [0.15, 0.2) is 11.4 Å². The van der Waals surface area contributed by atoms with Crippen LogP contribution in [0, 0.1) is 5.92 Å². The molecule has 1 aliphatic carbocycles. The molecule has 5 aliphatic rings. The minimum atomic E-state index is 0.0599. The van der Waals surface area contributed by atoms with E-state index in [9.17, 15) is 0 Å². The summed E-state index contributed by atoms with van der Waals surface area (Å²) < 4.78 is 6.90. The van der Waals surface area contributed by atoms with Gasteiger partial charge >= 0.3 is 0 Å². The Morgan fingerprint density at radius 2 is 2.00 bits per heavy atom. The number of nitrogens with zero attached hydrogens (tertiary/aromatic N) is 1. The Balaban J connectivity index is 1.63. The predicted molar refractivity (Wildman–Crippen MR) is 81.2 cm³/mol. The number of rotatable bonds is 0. The maximum absolute atomic E-state index is 6.90. The van der Waals surface area contributed by atoms with E-state index in [4.69, 9.17) is 4.74 Å². The Labute approximate surface area is 125 Å². The van der Waals surface area contributed by atoms with Gasteiger partial charge in [0.2, 0.25) is 0 Å². The molecule has 5 heterocycles. The summed E-state index contributed by atoms with van der Waals surface area (Å²) in [7, 11) is 0.